The molecule has 0 radical (unpaired) electrons. The molecule has 1 atom stereocenters. The molecule has 0 heterocycles. The second-order valence-corrected chi connectivity index (χ2v) is 5.65. The molecule has 9 heteroatoms. The lowest BCUT2D eigenvalue weighted by molar-refractivity contribution is -0.148. The third-order valence-electron chi connectivity index (χ3n) is 3.48. The van der Waals surface area contributed by atoms with Gasteiger partial charge in [0.05, 0.1) is 11.3 Å². The van der Waals surface area contributed by atoms with Gasteiger partial charge >= 0.3 is 12.1 Å². The van der Waals surface area contributed by atoms with Crippen molar-refractivity contribution in [3.63, 3.8) is 0 Å². The van der Waals surface area contributed by atoms with Crippen LogP contribution in [0.25, 0.3) is 6.08 Å². The van der Waals surface area contributed by atoms with Gasteiger partial charge in [0.1, 0.15) is 11.6 Å². The van der Waals surface area contributed by atoms with Gasteiger partial charge in [-0.2, -0.15) is 13.2 Å². The Balaban J connectivity index is 1.96. The van der Waals surface area contributed by atoms with Crippen molar-refractivity contribution >= 4 is 23.6 Å². The molecule has 28 heavy (non-hydrogen) atoms. The number of carbonyl (C=O) groups is 2. The van der Waals surface area contributed by atoms with E-state index in [9.17, 15) is 31.5 Å². The molecule has 0 aromatic heterocycles. The number of nitrogens with one attached hydrogen (secondary N) is 1. The van der Waals surface area contributed by atoms with Crippen molar-refractivity contribution in [3.05, 3.63) is 71.3 Å². The summed E-state index contributed by atoms with van der Waals surface area (Å²) in [6, 6.07) is 6.78. The van der Waals surface area contributed by atoms with E-state index in [4.69, 9.17) is 4.74 Å². The number of amides is 1. The summed E-state index contributed by atoms with van der Waals surface area (Å²) in [6.45, 7) is 1.22. The summed E-state index contributed by atoms with van der Waals surface area (Å²) in [7, 11) is 0. The van der Waals surface area contributed by atoms with Crippen molar-refractivity contribution in [2.24, 2.45) is 0 Å². The number of anilines is 1. The smallest absolute Gasteiger partial charge is 0.416 e. The lowest BCUT2D eigenvalue weighted by Crippen LogP contribution is -2.29. The van der Waals surface area contributed by atoms with Crippen molar-refractivity contribution in [3.8, 4) is 0 Å². The van der Waals surface area contributed by atoms with Crippen LogP contribution in [0, 0.1) is 11.6 Å². The van der Waals surface area contributed by atoms with Crippen LogP contribution in [0.5, 0.6) is 0 Å². The van der Waals surface area contributed by atoms with Gasteiger partial charge in [-0.1, -0.05) is 12.1 Å². The molecule has 148 valence electrons. The molecule has 0 bridgehead atoms. The summed E-state index contributed by atoms with van der Waals surface area (Å²) in [4.78, 5) is 23.7. The van der Waals surface area contributed by atoms with E-state index in [1.54, 1.807) is 0 Å². The summed E-state index contributed by atoms with van der Waals surface area (Å²) >= 11 is 0. The van der Waals surface area contributed by atoms with E-state index >= 15 is 0 Å². The number of halogens is 5. The van der Waals surface area contributed by atoms with Crippen LogP contribution in [-0.4, -0.2) is 18.0 Å². The maximum atomic E-state index is 13.5. The first kappa shape index (κ1) is 21.1. The molecule has 1 N–H and O–H groups in total. The zero-order chi connectivity index (χ0) is 20.9. The van der Waals surface area contributed by atoms with E-state index in [1.165, 1.54) is 19.1 Å². The molecule has 0 aliphatic rings. The molecule has 1 amide bonds. The highest BCUT2D eigenvalue weighted by atomic mass is 19.4. The van der Waals surface area contributed by atoms with Gasteiger partial charge in [-0.05, 0) is 42.8 Å². The number of rotatable bonds is 5. The first-order valence-electron chi connectivity index (χ1n) is 7.88. The third-order valence-corrected chi connectivity index (χ3v) is 3.48. The van der Waals surface area contributed by atoms with Crippen LogP contribution in [0.2, 0.25) is 0 Å². The normalized spacial score (nSPS) is 12.6. The van der Waals surface area contributed by atoms with Gasteiger partial charge in [-0.15, -0.1) is 0 Å². The molecule has 4 nitrogen and oxygen atoms in total. The lowest BCUT2D eigenvalue weighted by atomic mass is 10.1. The third kappa shape index (κ3) is 5.90. The van der Waals surface area contributed by atoms with Gasteiger partial charge in [0.2, 0.25) is 0 Å². The number of carbonyl (C=O) groups excluding carboxylic acids is 2. The Bertz CT molecular complexity index is 909. The van der Waals surface area contributed by atoms with Crippen LogP contribution < -0.4 is 5.32 Å². The predicted molar refractivity (Wildman–Crippen MR) is 91.0 cm³/mol. The molecule has 0 aliphatic heterocycles. The lowest BCUT2D eigenvalue weighted by Gasteiger charge is -2.13. The second-order valence-electron chi connectivity index (χ2n) is 5.65. The number of esters is 1. The van der Waals surface area contributed by atoms with Crippen LogP contribution in [0.3, 0.4) is 0 Å². The van der Waals surface area contributed by atoms with E-state index < -0.39 is 41.4 Å². The topological polar surface area (TPSA) is 55.4 Å². The highest BCUT2D eigenvalue weighted by Gasteiger charge is 2.30. The van der Waals surface area contributed by atoms with Crippen LogP contribution in [0.15, 0.2) is 48.5 Å². The van der Waals surface area contributed by atoms with Crippen LogP contribution >= 0.6 is 0 Å². The van der Waals surface area contributed by atoms with E-state index in [1.807, 2.05) is 0 Å². The second kappa shape index (κ2) is 8.64. The first-order chi connectivity index (χ1) is 13.1. The summed E-state index contributed by atoms with van der Waals surface area (Å²) in [5.41, 5.74) is -1.07. The van der Waals surface area contributed by atoms with Crippen LogP contribution in [0.4, 0.5) is 27.6 Å². The fourth-order valence-corrected chi connectivity index (χ4v) is 2.08. The number of hydrogen-bond donors (Lipinski definition) is 1. The Labute approximate surface area is 156 Å². The average Bonchev–Trinajstić information content (AvgIpc) is 2.61. The standard InChI is InChI=1S/C19H14F5NO3/c1-11(18(27)25-16-7-6-14(20)10-15(16)21)28-17(26)8-5-12-3-2-4-13(9-12)19(22,23)24/h2-11H,1H3,(H,25,27)/b8-5+. The predicted octanol–water partition coefficient (Wildman–Crippen LogP) is 4.57. The molecule has 1 unspecified atom stereocenters. The minimum atomic E-state index is -4.52. The zero-order valence-corrected chi connectivity index (χ0v) is 14.4. The average molecular weight is 399 g/mol. The highest BCUT2D eigenvalue weighted by molar-refractivity contribution is 5.96. The molecular formula is C19H14F5NO3. The Morgan fingerprint density at radius 3 is 2.46 bits per heavy atom. The Hall–Kier alpha value is -3.23. The zero-order valence-electron chi connectivity index (χ0n) is 14.4. The fraction of sp³-hybridized carbons (Fsp3) is 0.158. The van der Waals surface area contributed by atoms with Gasteiger partial charge in [-0.3, -0.25) is 4.79 Å². The molecule has 0 spiro atoms. The monoisotopic (exact) mass is 399 g/mol. The minimum absolute atomic E-state index is 0.109. The SMILES string of the molecule is CC(OC(=O)/C=C/c1cccc(C(F)(F)F)c1)C(=O)Nc1ccc(F)cc1F. The van der Waals surface area contributed by atoms with Crippen molar-refractivity contribution in [2.45, 2.75) is 19.2 Å². The van der Waals surface area contributed by atoms with E-state index in [-0.39, 0.29) is 11.3 Å². The summed E-state index contributed by atoms with van der Waals surface area (Å²) in [6.07, 6.45) is -3.89. The quantitative estimate of drug-likeness (QED) is 0.455. The van der Waals surface area contributed by atoms with Crippen molar-refractivity contribution in [1.29, 1.82) is 0 Å². The number of hydrogen-bond acceptors (Lipinski definition) is 3. The van der Waals surface area contributed by atoms with Gasteiger partial charge in [0, 0.05) is 12.1 Å². The molecule has 0 saturated carbocycles. The first-order valence-corrected chi connectivity index (χ1v) is 7.88. The molecule has 0 aliphatic carbocycles. The fourth-order valence-electron chi connectivity index (χ4n) is 2.08. The van der Waals surface area contributed by atoms with E-state index in [2.05, 4.69) is 5.32 Å². The molecule has 2 aromatic carbocycles. The van der Waals surface area contributed by atoms with Crippen LogP contribution in [0.1, 0.15) is 18.1 Å². The van der Waals surface area contributed by atoms with E-state index in [0.717, 1.165) is 36.4 Å². The number of ether oxygens (including phenoxy) is 1. The summed E-state index contributed by atoms with van der Waals surface area (Å²) < 4.78 is 69.1. The molecular weight excluding hydrogens is 385 g/mol. The van der Waals surface area contributed by atoms with Crippen molar-refractivity contribution in [1.82, 2.24) is 0 Å². The Kier molecular flexibility index (Phi) is 6.50. The minimum Gasteiger partial charge on any atom is -0.449 e. The van der Waals surface area contributed by atoms with Crippen molar-refractivity contribution < 1.29 is 36.3 Å². The van der Waals surface area contributed by atoms with Gasteiger partial charge < -0.3 is 10.1 Å². The Morgan fingerprint density at radius 2 is 1.82 bits per heavy atom. The molecule has 2 rings (SSSR count). The maximum absolute atomic E-state index is 13.5. The summed E-state index contributed by atoms with van der Waals surface area (Å²) in [5.74, 6) is -3.68. The van der Waals surface area contributed by atoms with Crippen molar-refractivity contribution in [2.75, 3.05) is 5.32 Å². The van der Waals surface area contributed by atoms with Gasteiger partial charge in [0.15, 0.2) is 6.10 Å². The number of alkyl halides is 3. The van der Waals surface area contributed by atoms with E-state index in [0.29, 0.717) is 6.07 Å². The Morgan fingerprint density at radius 1 is 1.11 bits per heavy atom. The van der Waals surface area contributed by atoms with Crippen LogP contribution in [-0.2, 0) is 20.5 Å². The van der Waals surface area contributed by atoms with Gasteiger partial charge in [0.25, 0.3) is 5.91 Å². The molecule has 0 saturated heterocycles. The largest absolute Gasteiger partial charge is 0.449 e. The number of benzene rings is 2. The maximum Gasteiger partial charge on any atom is 0.416 e. The highest BCUT2D eigenvalue weighted by Crippen LogP contribution is 2.29. The van der Waals surface area contributed by atoms with Gasteiger partial charge in [-0.25, -0.2) is 13.6 Å². The summed E-state index contributed by atoms with van der Waals surface area (Å²) in [5, 5.41) is 2.13. The molecule has 0 fully saturated rings. The molecule has 2 aromatic rings.